The molecule has 0 fully saturated rings. The Balaban J connectivity index is 2.29. The van der Waals surface area contributed by atoms with Crippen LogP contribution in [0.15, 0.2) is 47.1 Å². The SMILES string of the molecule is OC(c1cccc(OC(F)(F)F)c1)c1ncccc1Br. The van der Waals surface area contributed by atoms with Crippen molar-refractivity contribution in [3.8, 4) is 5.75 Å². The Labute approximate surface area is 121 Å². The molecule has 0 radical (unpaired) electrons. The second-order valence-corrected chi connectivity index (χ2v) is 4.75. The second kappa shape index (κ2) is 5.80. The lowest BCUT2D eigenvalue weighted by Crippen LogP contribution is -2.17. The smallest absolute Gasteiger partial charge is 0.406 e. The van der Waals surface area contributed by atoms with Crippen LogP contribution in [0.3, 0.4) is 0 Å². The first kappa shape index (κ1) is 14.8. The molecule has 20 heavy (non-hydrogen) atoms. The van der Waals surface area contributed by atoms with E-state index in [0.717, 1.165) is 12.1 Å². The molecular weight excluding hydrogens is 339 g/mol. The van der Waals surface area contributed by atoms with Gasteiger partial charge >= 0.3 is 6.36 Å². The van der Waals surface area contributed by atoms with Crippen molar-refractivity contribution in [3.63, 3.8) is 0 Å². The van der Waals surface area contributed by atoms with Crippen LogP contribution in [0.5, 0.6) is 5.75 Å². The molecule has 1 aromatic carbocycles. The first-order valence-electron chi connectivity index (χ1n) is 5.51. The van der Waals surface area contributed by atoms with Gasteiger partial charge in [-0.2, -0.15) is 0 Å². The minimum atomic E-state index is -4.77. The van der Waals surface area contributed by atoms with Crippen LogP contribution in [0.1, 0.15) is 17.4 Å². The van der Waals surface area contributed by atoms with Gasteiger partial charge in [0.05, 0.1) is 5.69 Å². The average Bonchev–Trinajstić information content (AvgIpc) is 2.37. The van der Waals surface area contributed by atoms with Crippen molar-refractivity contribution >= 4 is 15.9 Å². The van der Waals surface area contributed by atoms with Gasteiger partial charge in [-0.25, -0.2) is 0 Å². The second-order valence-electron chi connectivity index (χ2n) is 3.89. The highest BCUT2D eigenvalue weighted by atomic mass is 79.9. The first-order valence-corrected chi connectivity index (χ1v) is 6.30. The van der Waals surface area contributed by atoms with Gasteiger partial charge in [-0.1, -0.05) is 12.1 Å². The van der Waals surface area contributed by atoms with Gasteiger partial charge in [0.1, 0.15) is 11.9 Å². The predicted octanol–water partition coefficient (Wildman–Crippen LogP) is 3.82. The van der Waals surface area contributed by atoms with Crippen molar-refractivity contribution in [1.29, 1.82) is 0 Å². The summed E-state index contributed by atoms with van der Waals surface area (Å²) in [5.74, 6) is -0.388. The molecule has 0 bridgehead atoms. The molecule has 1 N–H and O–H groups in total. The molecule has 1 unspecified atom stereocenters. The van der Waals surface area contributed by atoms with Gasteiger partial charge in [-0.05, 0) is 45.8 Å². The monoisotopic (exact) mass is 347 g/mol. The van der Waals surface area contributed by atoms with Crippen LogP contribution in [0.4, 0.5) is 13.2 Å². The highest BCUT2D eigenvalue weighted by Gasteiger charge is 2.31. The Morgan fingerprint density at radius 3 is 2.60 bits per heavy atom. The average molecular weight is 348 g/mol. The Morgan fingerprint density at radius 1 is 1.20 bits per heavy atom. The van der Waals surface area contributed by atoms with E-state index in [1.54, 1.807) is 12.1 Å². The standard InChI is InChI=1S/C13H9BrF3NO2/c14-10-5-2-6-18-11(10)12(19)8-3-1-4-9(7-8)20-13(15,16)17/h1-7,12,19H. The fourth-order valence-electron chi connectivity index (χ4n) is 1.64. The molecule has 1 heterocycles. The van der Waals surface area contributed by atoms with E-state index in [0.29, 0.717) is 10.2 Å². The van der Waals surface area contributed by atoms with Crippen molar-refractivity contribution in [3.05, 3.63) is 58.3 Å². The van der Waals surface area contributed by atoms with Crippen LogP contribution in [0.2, 0.25) is 0 Å². The van der Waals surface area contributed by atoms with Gasteiger partial charge < -0.3 is 9.84 Å². The van der Waals surface area contributed by atoms with Crippen LogP contribution >= 0.6 is 15.9 Å². The van der Waals surface area contributed by atoms with Crippen molar-refractivity contribution in [2.45, 2.75) is 12.5 Å². The first-order chi connectivity index (χ1) is 9.37. The number of aliphatic hydroxyl groups is 1. The van der Waals surface area contributed by atoms with Gasteiger partial charge in [0.2, 0.25) is 0 Å². The van der Waals surface area contributed by atoms with Gasteiger partial charge in [0, 0.05) is 10.7 Å². The number of ether oxygens (including phenoxy) is 1. The zero-order valence-electron chi connectivity index (χ0n) is 9.93. The number of alkyl halides is 3. The number of hydrogen-bond donors (Lipinski definition) is 1. The lowest BCUT2D eigenvalue weighted by molar-refractivity contribution is -0.274. The van der Waals surface area contributed by atoms with Gasteiger partial charge in [0.15, 0.2) is 0 Å². The lowest BCUT2D eigenvalue weighted by atomic mass is 10.1. The maximum absolute atomic E-state index is 12.2. The van der Waals surface area contributed by atoms with E-state index in [9.17, 15) is 18.3 Å². The van der Waals surface area contributed by atoms with Crippen molar-refractivity contribution < 1.29 is 23.0 Å². The van der Waals surface area contributed by atoms with Gasteiger partial charge in [-0.15, -0.1) is 13.2 Å². The molecule has 3 nitrogen and oxygen atoms in total. The summed E-state index contributed by atoms with van der Waals surface area (Å²) >= 11 is 3.23. The van der Waals surface area contributed by atoms with Crippen LogP contribution in [-0.2, 0) is 0 Å². The summed E-state index contributed by atoms with van der Waals surface area (Å²) in [7, 11) is 0. The van der Waals surface area contributed by atoms with Crippen molar-refractivity contribution in [2.24, 2.45) is 0 Å². The van der Waals surface area contributed by atoms with E-state index in [1.807, 2.05) is 0 Å². The third-order valence-electron chi connectivity index (χ3n) is 2.45. The topological polar surface area (TPSA) is 42.4 Å². The molecule has 1 atom stereocenters. The number of benzene rings is 1. The van der Waals surface area contributed by atoms with Gasteiger partial charge in [0.25, 0.3) is 0 Å². The number of hydrogen-bond acceptors (Lipinski definition) is 3. The number of pyridine rings is 1. The number of rotatable bonds is 3. The largest absolute Gasteiger partial charge is 0.573 e. The van der Waals surface area contributed by atoms with Crippen LogP contribution in [-0.4, -0.2) is 16.5 Å². The van der Waals surface area contributed by atoms with Crippen LogP contribution in [0, 0.1) is 0 Å². The minimum absolute atomic E-state index is 0.256. The molecule has 0 amide bonds. The molecule has 0 saturated heterocycles. The normalized spacial score (nSPS) is 13.1. The molecule has 0 aliphatic carbocycles. The lowest BCUT2D eigenvalue weighted by Gasteiger charge is -2.14. The predicted molar refractivity (Wildman–Crippen MR) is 69.1 cm³/mol. The third kappa shape index (κ3) is 3.71. The molecule has 0 aliphatic rings. The number of aromatic nitrogens is 1. The molecule has 7 heteroatoms. The molecule has 0 aliphatic heterocycles. The summed E-state index contributed by atoms with van der Waals surface area (Å²) in [4.78, 5) is 4.00. The van der Waals surface area contributed by atoms with Crippen molar-refractivity contribution in [1.82, 2.24) is 4.98 Å². The Morgan fingerprint density at radius 2 is 1.95 bits per heavy atom. The Hall–Kier alpha value is -1.60. The molecule has 0 saturated carbocycles. The van der Waals surface area contributed by atoms with E-state index in [1.165, 1.54) is 18.3 Å². The molecule has 0 spiro atoms. The van der Waals surface area contributed by atoms with Gasteiger partial charge in [-0.3, -0.25) is 4.98 Å². The number of nitrogens with zero attached hydrogens (tertiary/aromatic N) is 1. The van der Waals surface area contributed by atoms with Crippen LogP contribution in [0.25, 0.3) is 0 Å². The maximum atomic E-state index is 12.2. The maximum Gasteiger partial charge on any atom is 0.573 e. The highest BCUT2D eigenvalue weighted by Crippen LogP contribution is 2.30. The zero-order valence-corrected chi connectivity index (χ0v) is 11.5. The summed E-state index contributed by atoms with van der Waals surface area (Å²) in [6.07, 6.45) is -4.43. The quantitative estimate of drug-likeness (QED) is 0.917. The summed E-state index contributed by atoms with van der Waals surface area (Å²) in [5, 5.41) is 10.2. The zero-order chi connectivity index (χ0) is 14.8. The molecular formula is C13H9BrF3NO2. The molecule has 2 rings (SSSR count). The fourth-order valence-corrected chi connectivity index (χ4v) is 2.11. The van der Waals surface area contributed by atoms with E-state index >= 15 is 0 Å². The summed E-state index contributed by atoms with van der Waals surface area (Å²) in [5.41, 5.74) is 0.572. The van der Waals surface area contributed by atoms with Crippen molar-refractivity contribution in [2.75, 3.05) is 0 Å². The fraction of sp³-hybridized carbons (Fsp3) is 0.154. The number of halogens is 4. The Bertz CT molecular complexity index is 604. The van der Waals surface area contributed by atoms with E-state index < -0.39 is 12.5 Å². The molecule has 106 valence electrons. The minimum Gasteiger partial charge on any atom is -0.406 e. The van der Waals surface area contributed by atoms with Crippen LogP contribution < -0.4 is 4.74 Å². The molecule has 1 aromatic heterocycles. The molecule has 2 aromatic rings. The summed E-state index contributed by atoms with van der Waals surface area (Å²) in [6, 6.07) is 8.51. The van der Waals surface area contributed by atoms with E-state index in [-0.39, 0.29) is 11.3 Å². The summed E-state index contributed by atoms with van der Waals surface area (Å²) < 4.78 is 40.8. The van der Waals surface area contributed by atoms with E-state index in [2.05, 4.69) is 25.7 Å². The summed E-state index contributed by atoms with van der Waals surface area (Å²) in [6.45, 7) is 0. The van der Waals surface area contributed by atoms with E-state index in [4.69, 9.17) is 0 Å². The Kier molecular flexibility index (Phi) is 4.29. The highest BCUT2D eigenvalue weighted by molar-refractivity contribution is 9.10. The number of aliphatic hydroxyl groups excluding tert-OH is 1. The third-order valence-corrected chi connectivity index (χ3v) is 3.12.